The molecule has 1 saturated heterocycles. The summed E-state index contributed by atoms with van der Waals surface area (Å²) in [4.78, 5) is 6.16. The number of sulfonamides is 1. The fraction of sp³-hybridized carbons (Fsp3) is 0.583. The summed E-state index contributed by atoms with van der Waals surface area (Å²) in [6.07, 6.45) is 3.22. The second-order valence-electron chi connectivity index (χ2n) is 5.24. The Labute approximate surface area is 129 Å². The predicted octanol–water partition coefficient (Wildman–Crippen LogP) is 0.641. The molecule has 0 spiro atoms. The molecule has 2 rings (SSSR count). The number of hydrogen-bond donors (Lipinski definition) is 3. The van der Waals surface area contributed by atoms with E-state index >= 15 is 0 Å². The molecule has 1 aromatic heterocycles. The molecule has 0 unspecified atom stereocenters. The van der Waals surface area contributed by atoms with Gasteiger partial charge in [0.05, 0.1) is 5.02 Å². The molecule has 0 aromatic carbocycles. The second kappa shape index (κ2) is 6.89. The third-order valence-electron chi connectivity index (χ3n) is 3.66. The van der Waals surface area contributed by atoms with Gasteiger partial charge in [-0.1, -0.05) is 11.6 Å². The maximum absolute atomic E-state index is 12.2. The standard InChI is InChI=1S/C12H20ClN5O2S/c1-18-4-2-9(3-5-18)7-16-21(19,20)10-6-11(13)12(17-14)15-8-10/h6,8-9,16H,2-5,7,14H2,1H3,(H,15,17). The first kappa shape index (κ1) is 16.4. The van der Waals surface area contributed by atoms with Crippen molar-refractivity contribution in [3.63, 3.8) is 0 Å². The minimum Gasteiger partial charge on any atom is -0.307 e. The third kappa shape index (κ3) is 4.27. The van der Waals surface area contributed by atoms with Crippen LogP contribution in [0.1, 0.15) is 12.8 Å². The van der Waals surface area contributed by atoms with Gasteiger partial charge in [-0.05, 0) is 45.0 Å². The fourth-order valence-corrected chi connectivity index (χ4v) is 3.62. The molecule has 0 aliphatic carbocycles. The summed E-state index contributed by atoms with van der Waals surface area (Å²) in [5.41, 5.74) is 2.30. The topological polar surface area (TPSA) is 100 Å². The Kier molecular flexibility index (Phi) is 5.39. The van der Waals surface area contributed by atoms with Crippen LogP contribution in [0.5, 0.6) is 0 Å². The number of piperidine rings is 1. The number of nitrogens with two attached hydrogens (primary N) is 1. The van der Waals surface area contributed by atoms with E-state index in [0.29, 0.717) is 12.5 Å². The predicted molar refractivity (Wildman–Crippen MR) is 82.5 cm³/mol. The number of rotatable bonds is 5. The molecule has 0 saturated carbocycles. The van der Waals surface area contributed by atoms with Crippen molar-refractivity contribution in [2.24, 2.45) is 11.8 Å². The molecule has 1 aliphatic heterocycles. The Morgan fingerprint density at radius 1 is 1.48 bits per heavy atom. The van der Waals surface area contributed by atoms with Crippen LogP contribution in [0.2, 0.25) is 5.02 Å². The van der Waals surface area contributed by atoms with Crippen LogP contribution >= 0.6 is 11.6 Å². The quantitative estimate of drug-likeness (QED) is 0.540. The Morgan fingerprint density at radius 3 is 2.71 bits per heavy atom. The van der Waals surface area contributed by atoms with E-state index in [1.54, 1.807) is 0 Å². The normalized spacial score (nSPS) is 17.9. The van der Waals surface area contributed by atoms with Gasteiger partial charge in [0.25, 0.3) is 0 Å². The maximum atomic E-state index is 12.2. The van der Waals surface area contributed by atoms with E-state index in [-0.39, 0.29) is 15.7 Å². The van der Waals surface area contributed by atoms with E-state index in [4.69, 9.17) is 17.4 Å². The van der Waals surface area contributed by atoms with Gasteiger partial charge in [0, 0.05) is 12.7 Å². The molecule has 118 valence electrons. The van der Waals surface area contributed by atoms with E-state index < -0.39 is 10.0 Å². The van der Waals surface area contributed by atoms with Crippen molar-refractivity contribution in [2.75, 3.05) is 32.1 Å². The molecule has 1 fully saturated rings. The van der Waals surface area contributed by atoms with Crippen LogP contribution in [-0.4, -0.2) is 45.0 Å². The summed E-state index contributed by atoms with van der Waals surface area (Å²) in [7, 11) is -1.53. The number of likely N-dealkylation sites (tertiary alicyclic amines) is 1. The third-order valence-corrected chi connectivity index (χ3v) is 5.34. The van der Waals surface area contributed by atoms with Gasteiger partial charge < -0.3 is 10.3 Å². The van der Waals surface area contributed by atoms with Crippen LogP contribution in [0.15, 0.2) is 17.2 Å². The number of halogens is 1. The molecule has 0 amide bonds. The molecule has 4 N–H and O–H groups in total. The zero-order chi connectivity index (χ0) is 15.5. The van der Waals surface area contributed by atoms with Gasteiger partial charge >= 0.3 is 0 Å². The number of nitrogen functional groups attached to an aromatic ring is 1. The number of anilines is 1. The van der Waals surface area contributed by atoms with Gasteiger partial charge in [0.1, 0.15) is 4.90 Å². The van der Waals surface area contributed by atoms with Crippen molar-refractivity contribution in [1.82, 2.24) is 14.6 Å². The smallest absolute Gasteiger partial charge is 0.242 e. The summed E-state index contributed by atoms with van der Waals surface area (Å²) in [6.45, 7) is 2.43. The van der Waals surface area contributed by atoms with Crippen LogP contribution in [0, 0.1) is 5.92 Å². The van der Waals surface area contributed by atoms with Gasteiger partial charge in [-0.15, -0.1) is 0 Å². The Balaban J connectivity index is 2.00. The van der Waals surface area contributed by atoms with Gasteiger partial charge in [-0.3, -0.25) is 0 Å². The molecule has 9 heteroatoms. The van der Waals surface area contributed by atoms with Crippen molar-refractivity contribution in [1.29, 1.82) is 0 Å². The lowest BCUT2D eigenvalue weighted by Crippen LogP contribution is -2.36. The highest BCUT2D eigenvalue weighted by Crippen LogP contribution is 2.22. The highest BCUT2D eigenvalue weighted by Gasteiger charge is 2.21. The zero-order valence-electron chi connectivity index (χ0n) is 11.8. The van der Waals surface area contributed by atoms with Crippen molar-refractivity contribution in [2.45, 2.75) is 17.7 Å². The zero-order valence-corrected chi connectivity index (χ0v) is 13.4. The number of aromatic nitrogens is 1. The summed E-state index contributed by atoms with van der Waals surface area (Å²) in [6, 6.07) is 1.33. The highest BCUT2D eigenvalue weighted by atomic mass is 35.5. The lowest BCUT2D eigenvalue weighted by atomic mass is 9.98. The first-order chi connectivity index (χ1) is 9.92. The molecule has 2 heterocycles. The van der Waals surface area contributed by atoms with Gasteiger partial charge in [0.15, 0.2) is 5.82 Å². The SMILES string of the molecule is CN1CCC(CNS(=O)(=O)c2cnc(NN)c(Cl)c2)CC1. The summed E-state index contributed by atoms with van der Waals surface area (Å²) >= 11 is 5.90. The van der Waals surface area contributed by atoms with Crippen LogP contribution < -0.4 is 16.0 Å². The maximum Gasteiger partial charge on any atom is 0.242 e. The van der Waals surface area contributed by atoms with Crippen molar-refractivity contribution in [3.05, 3.63) is 17.3 Å². The second-order valence-corrected chi connectivity index (χ2v) is 7.42. The van der Waals surface area contributed by atoms with Gasteiger partial charge in [0.2, 0.25) is 10.0 Å². The lowest BCUT2D eigenvalue weighted by Gasteiger charge is -2.28. The summed E-state index contributed by atoms with van der Waals surface area (Å²) < 4.78 is 27.1. The van der Waals surface area contributed by atoms with E-state index in [1.807, 2.05) is 0 Å². The summed E-state index contributed by atoms with van der Waals surface area (Å²) in [5, 5.41) is 0.166. The van der Waals surface area contributed by atoms with Gasteiger partial charge in [-0.25, -0.2) is 24.0 Å². The molecular formula is C12H20ClN5O2S. The molecule has 1 aromatic rings. The Bertz CT molecular complexity index is 587. The van der Waals surface area contributed by atoms with Crippen molar-refractivity contribution >= 4 is 27.4 Å². The monoisotopic (exact) mass is 333 g/mol. The van der Waals surface area contributed by atoms with Crippen LogP contribution in [0.3, 0.4) is 0 Å². The van der Waals surface area contributed by atoms with E-state index in [1.165, 1.54) is 12.3 Å². The molecule has 21 heavy (non-hydrogen) atoms. The average Bonchev–Trinajstić information content (AvgIpc) is 2.46. The van der Waals surface area contributed by atoms with Gasteiger partial charge in [-0.2, -0.15) is 0 Å². The molecule has 0 radical (unpaired) electrons. The first-order valence-electron chi connectivity index (χ1n) is 6.73. The minimum absolute atomic E-state index is 0.0411. The summed E-state index contributed by atoms with van der Waals surface area (Å²) in [5.74, 6) is 5.82. The highest BCUT2D eigenvalue weighted by molar-refractivity contribution is 7.89. The van der Waals surface area contributed by atoms with Crippen LogP contribution in [0.25, 0.3) is 0 Å². The molecule has 0 atom stereocenters. The Morgan fingerprint density at radius 2 is 2.14 bits per heavy atom. The van der Waals surface area contributed by atoms with E-state index in [2.05, 4.69) is 27.1 Å². The largest absolute Gasteiger partial charge is 0.307 e. The number of nitrogens with zero attached hydrogens (tertiary/aromatic N) is 2. The minimum atomic E-state index is -3.60. The molecular weight excluding hydrogens is 314 g/mol. The molecule has 1 aliphatic rings. The number of nitrogens with one attached hydrogen (secondary N) is 2. The average molecular weight is 334 g/mol. The first-order valence-corrected chi connectivity index (χ1v) is 8.59. The lowest BCUT2D eigenvalue weighted by molar-refractivity contribution is 0.220. The molecule has 7 nitrogen and oxygen atoms in total. The Hall–Kier alpha value is -0.930. The number of pyridine rings is 1. The number of hydrogen-bond acceptors (Lipinski definition) is 6. The fourth-order valence-electron chi connectivity index (χ4n) is 2.25. The van der Waals surface area contributed by atoms with Crippen LogP contribution in [0.4, 0.5) is 5.82 Å². The molecule has 0 bridgehead atoms. The number of hydrazine groups is 1. The van der Waals surface area contributed by atoms with Crippen LogP contribution in [-0.2, 0) is 10.0 Å². The van der Waals surface area contributed by atoms with E-state index in [9.17, 15) is 8.42 Å². The van der Waals surface area contributed by atoms with Crippen molar-refractivity contribution in [3.8, 4) is 0 Å². The van der Waals surface area contributed by atoms with Crippen molar-refractivity contribution < 1.29 is 8.42 Å². The van der Waals surface area contributed by atoms with E-state index in [0.717, 1.165) is 25.9 Å².